The number of allylic oxidation sites excluding steroid dienone is 1. The maximum absolute atomic E-state index is 5.88. The summed E-state index contributed by atoms with van der Waals surface area (Å²) in [5.74, 6) is 4.71. The fourth-order valence-corrected chi connectivity index (χ4v) is 8.48. The van der Waals surface area contributed by atoms with Gasteiger partial charge in [0.25, 0.3) is 0 Å². The Labute approximate surface area is 148 Å². The second-order valence-electron chi connectivity index (χ2n) is 10.9. The van der Waals surface area contributed by atoms with Crippen LogP contribution in [0.5, 0.6) is 0 Å². The third kappa shape index (κ3) is 1.97. The van der Waals surface area contributed by atoms with Crippen molar-refractivity contribution in [2.45, 2.75) is 84.2 Å². The fourth-order valence-electron chi connectivity index (χ4n) is 8.48. The van der Waals surface area contributed by atoms with Gasteiger partial charge in [-0.3, -0.25) is 0 Å². The highest BCUT2D eigenvalue weighted by molar-refractivity contribution is 5.16. The highest BCUT2D eigenvalue weighted by Gasteiger charge is 2.63. The molecule has 4 aliphatic carbocycles. The predicted octanol–water partition coefficient (Wildman–Crippen LogP) is 5.99. The molecule has 5 aliphatic rings. The number of fused-ring (bicyclic) bond motifs is 5. The molecule has 0 amide bonds. The van der Waals surface area contributed by atoms with Crippen molar-refractivity contribution in [3.63, 3.8) is 0 Å². The van der Waals surface area contributed by atoms with Crippen molar-refractivity contribution in [3.05, 3.63) is 12.2 Å². The lowest BCUT2D eigenvalue weighted by molar-refractivity contribution is -0.118. The van der Waals surface area contributed by atoms with Crippen LogP contribution in [0.25, 0.3) is 0 Å². The van der Waals surface area contributed by atoms with Crippen molar-refractivity contribution in [1.29, 1.82) is 0 Å². The molecule has 1 saturated heterocycles. The molecule has 0 N–H and O–H groups in total. The van der Waals surface area contributed by atoms with Crippen LogP contribution < -0.4 is 0 Å². The van der Waals surface area contributed by atoms with Gasteiger partial charge in [-0.05, 0) is 105 Å². The lowest BCUT2D eigenvalue weighted by Crippen LogP contribution is -2.54. The Kier molecular flexibility index (Phi) is 3.25. The molecular weight excluding hydrogens is 292 g/mol. The van der Waals surface area contributed by atoms with Gasteiger partial charge in [-0.1, -0.05) is 26.0 Å². The Bertz CT molecular complexity index is 560. The lowest BCUT2D eigenvalue weighted by atomic mass is 9.44. The molecule has 1 spiro atoms. The van der Waals surface area contributed by atoms with E-state index in [9.17, 15) is 0 Å². The summed E-state index contributed by atoms with van der Waals surface area (Å²) in [7, 11) is 0. The average molecular weight is 329 g/mol. The second kappa shape index (κ2) is 4.90. The summed E-state index contributed by atoms with van der Waals surface area (Å²) < 4.78 is 5.88. The molecule has 0 unspecified atom stereocenters. The molecule has 134 valence electrons. The van der Waals surface area contributed by atoms with E-state index in [2.05, 4.69) is 27.4 Å². The summed E-state index contributed by atoms with van der Waals surface area (Å²) >= 11 is 0. The highest BCUT2D eigenvalue weighted by Crippen LogP contribution is 2.69. The second-order valence-corrected chi connectivity index (χ2v) is 10.9. The smallest absolute Gasteiger partial charge is 0.0919 e. The normalized spacial score (nSPS) is 58.7. The van der Waals surface area contributed by atoms with E-state index in [-0.39, 0.29) is 0 Å². The van der Waals surface area contributed by atoms with E-state index in [4.69, 9.17) is 4.74 Å². The number of rotatable bonds is 1. The molecule has 0 aromatic heterocycles. The van der Waals surface area contributed by atoms with Crippen LogP contribution in [0.2, 0.25) is 0 Å². The molecule has 0 aromatic rings. The molecule has 8 atom stereocenters. The largest absolute Gasteiger partial charge is 0.370 e. The Morgan fingerprint density at radius 3 is 2.38 bits per heavy atom. The zero-order valence-electron chi connectivity index (χ0n) is 16.1. The van der Waals surface area contributed by atoms with Gasteiger partial charge < -0.3 is 4.74 Å². The van der Waals surface area contributed by atoms with E-state index >= 15 is 0 Å². The fraction of sp³-hybridized carbons (Fsp3) is 0.913. The van der Waals surface area contributed by atoms with Gasteiger partial charge >= 0.3 is 0 Å². The minimum atomic E-state index is 0.346. The SMILES string of the molecule is C=C(C)[C@H]1CC[C@H]2[C@@H]3CC[C@H]4C[C@]5(CC[C@]4(C)[C@H]3CC[C@]12C)CO5. The van der Waals surface area contributed by atoms with Crippen LogP contribution >= 0.6 is 0 Å². The van der Waals surface area contributed by atoms with Gasteiger partial charge in [0, 0.05) is 0 Å². The van der Waals surface area contributed by atoms with Crippen LogP contribution in [-0.2, 0) is 4.74 Å². The van der Waals surface area contributed by atoms with Crippen LogP contribution in [0.1, 0.15) is 78.6 Å². The molecule has 0 radical (unpaired) electrons. The Morgan fingerprint density at radius 1 is 0.917 bits per heavy atom. The van der Waals surface area contributed by atoms with E-state index in [0.29, 0.717) is 16.4 Å². The number of hydrogen-bond acceptors (Lipinski definition) is 1. The van der Waals surface area contributed by atoms with Crippen LogP contribution in [0.3, 0.4) is 0 Å². The van der Waals surface area contributed by atoms with Crippen molar-refractivity contribution >= 4 is 0 Å². The van der Waals surface area contributed by atoms with Gasteiger partial charge in [-0.15, -0.1) is 0 Å². The molecule has 5 rings (SSSR count). The van der Waals surface area contributed by atoms with Crippen molar-refractivity contribution in [3.8, 4) is 0 Å². The summed E-state index contributed by atoms with van der Waals surface area (Å²) in [5, 5.41) is 0. The van der Waals surface area contributed by atoms with Gasteiger partial charge in [-0.2, -0.15) is 0 Å². The maximum Gasteiger partial charge on any atom is 0.0919 e. The summed E-state index contributed by atoms with van der Waals surface area (Å²) in [6, 6.07) is 0. The first-order valence-corrected chi connectivity index (χ1v) is 10.7. The summed E-state index contributed by atoms with van der Waals surface area (Å²) in [5.41, 5.74) is 2.98. The minimum Gasteiger partial charge on any atom is -0.370 e. The summed E-state index contributed by atoms with van der Waals surface area (Å²) in [6.07, 6.45) is 13.0. The lowest BCUT2D eigenvalue weighted by Gasteiger charge is -2.61. The third-order valence-electron chi connectivity index (χ3n) is 9.95. The van der Waals surface area contributed by atoms with Crippen LogP contribution in [0.15, 0.2) is 12.2 Å². The number of hydrogen-bond donors (Lipinski definition) is 0. The Hall–Kier alpha value is -0.300. The van der Waals surface area contributed by atoms with E-state index < -0.39 is 0 Å². The van der Waals surface area contributed by atoms with E-state index in [0.717, 1.165) is 36.2 Å². The molecule has 4 saturated carbocycles. The molecule has 1 heteroatoms. The molecule has 1 aliphatic heterocycles. The molecule has 5 fully saturated rings. The van der Waals surface area contributed by atoms with Crippen LogP contribution in [0.4, 0.5) is 0 Å². The third-order valence-corrected chi connectivity index (χ3v) is 9.95. The van der Waals surface area contributed by atoms with Crippen molar-refractivity contribution in [2.24, 2.45) is 40.4 Å². The first-order chi connectivity index (χ1) is 11.4. The summed E-state index contributed by atoms with van der Waals surface area (Å²) in [4.78, 5) is 0. The molecule has 0 aromatic carbocycles. The zero-order valence-corrected chi connectivity index (χ0v) is 16.1. The number of ether oxygens (including phenoxy) is 1. The van der Waals surface area contributed by atoms with Gasteiger partial charge in [-0.25, -0.2) is 0 Å². The molecule has 0 bridgehead atoms. The van der Waals surface area contributed by atoms with Crippen molar-refractivity contribution in [1.82, 2.24) is 0 Å². The molecule has 1 nitrogen and oxygen atoms in total. The van der Waals surface area contributed by atoms with E-state index in [1.807, 2.05) is 0 Å². The van der Waals surface area contributed by atoms with E-state index in [1.165, 1.54) is 63.4 Å². The standard InChI is InChI=1S/C23H36O/c1-15(2)18-7-8-19-17-6-5-16-13-23(14-24-23)12-11-21(16,3)20(17)9-10-22(18,19)4/h16-20H,1,5-14H2,2-4H3/t16-,17-,18+,19-,20-,21-,22+,23+/m0/s1. The quantitative estimate of drug-likeness (QED) is 0.425. The highest BCUT2D eigenvalue weighted by atomic mass is 16.6. The van der Waals surface area contributed by atoms with Crippen LogP contribution in [0, 0.1) is 40.4 Å². The van der Waals surface area contributed by atoms with Gasteiger partial charge in [0.05, 0.1) is 12.2 Å². The van der Waals surface area contributed by atoms with Gasteiger partial charge in [0.1, 0.15) is 0 Å². The molecule has 1 heterocycles. The monoisotopic (exact) mass is 328 g/mol. The first-order valence-electron chi connectivity index (χ1n) is 10.7. The van der Waals surface area contributed by atoms with Crippen LogP contribution in [-0.4, -0.2) is 12.2 Å². The minimum absolute atomic E-state index is 0.346. The van der Waals surface area contributed by atoms with Gasteiger partial charge in [0.15, 0.2) is 0 Å². The average Bonchev–Trinajstić information content (AvgIpc) is 3.19. The Balaban J connectivity index is 1.43. The first kappa shape index (κ1) is 15.9. The van der Waals surface area contributed by atoms with Crippen molar-refractivity contribution < 1.29 is 4.74 Å². The summed E-state index contributed by atoms with van der Waals surface area (Å²) in [6.45, 7) is 13.0. The Morgan fingerprint density at radius 2 is 1.67 bits per heavy atom. The molecular formula is C23H36O. The topological polar surface area (TPSA) is 12.5 Å². The molecule has 24 heavy (non-hydrogen) atoms. The maximum atomic E-state index is 5.88. The van der Waals surface area contributed by atoms with Gasteiger partial charge in [0.2, 0.25) is 0 Å². The van der Waals surface area contributed by atoms with Crippen molar-refractivity contribution in [2.75, 3.05) is 6.61 Å². The number of epoxide rings is 1. The zero-order chi connectivity index (χ0) is 16.7. The predicted molar refractivity (Wildman–Crippen MR) is 98.7 cm³/mol. The van der Waals surface area contributed by atoms with E-state index in [1.54, 1.807) is 0 Å².